The Hall–Kier alpha value is -0.890. The van der Waals surface area contributed by atoms with E-state index in [1.165, 1.54) is 43.8 Å². The second kappa shape index (κ2) is 10.3. The van der Waals surface area contributed by atoms with E-state index >= 15 is 0 Å². The predicted octanol–water partition coefficient (Wildman–Crippen LogP) is 0.357. The van der Waals surface area contributed by atoms with Crippen LogP contribution in [0.15, 0.2) is 60.7 Å². The number of halogens is 2. The molecule has 0 saturated heterocycles. The number of hydrogen-bond donors (Lipinski definition) is 0. The molecule has 0 heterocycles. The molecule has 4 aromatic rings. The van der Waals surface area contributed by atoms with Gasteiger partial charge in [-0.1, -0.05) is 37.1 Å². The summed E-state index contributed by atoms with van der Waals surface area (Å²) in [5.74, 6) is 0. The van der Waals surface area contributed by atoms with Gasteiger partial charge in [0.25, 0.3) is 0 Å². The van der Waals surface area contributed by atoms with Gasteiger partial charge < -0.3 is 24.8 Å². The van der Waals surface area contributed by atoms with Crippen LogP contribution in [0.25, 0.3) is 21.5 Å². The van der Waals surface area contributed by atoms with Crippen LogP contribution < -0.4 is 24.8 Å². The number of hydrogen-bond acceptors (Lipinski definition) is 0. The van der Waals surface area contributed by atoms with Crippen molar-refractivity contribution in [1.82, 2.24) is 0 Å². The molecule has 0 radical (unpaired) electrons. The molecular weight excluding hydrogens is 514 g/mol. The molecule has 0 aliphatic rings. The minimum absolute atomic E-state index is 0. The fraction of sp³-hybridized carbons (Fsp3) is 0.182. The van der Waals surface area contributed by atoms with E-state index in [0.29, 0.717) is 0 Å². The van der Waals surface area contributed by atoms with E-state index < -0.39 is 0 Å². The number of benzene rings is 2. The second-order valence-corrected chi connectivity index (χ2v) is 6.10. The molecule has 0 aromatic heterocycles. The molecule has 128 valence electrons. The minimum Gasteiger partial charge on any atom is -1.00 e. The molecule has 0 unspecified atom stereocenters. The van der Waals surface area contributed by atoms with E-state index in [-0.39, 0.29) is 50.7 Å². The van der Waals surface area contributed by atoms with Crippen LogP contribution in [0.2, 0.25) is 0 Å². The van der Waals surface area contributed by atoms with Crippen LogP contribution in [0.3, 0.4) is 0 Å². The summed E-state index contributed by atoms with van der Waals surface area (Å²) in [4.78, 5) is 0. The molecule has 0 nitrogen and oxygen atoms in total. The summed E-state index contributed by atoms with van der Waals surface area (Å²) in [5.41, 5.74) is 5.48. The van der Waals surface area contributed by atoms with Crippen molar-refractivity contribution in [1.29, 1.82) is 0 Å². The Kier molecular flexibility index (Phi) is 9.94. The molecule has 3 heteroatoms. The van der Waals surface area contributed by atoms with Gasteiger partial charge in [0, 0.05) is 0 Å². The SMILES string of the molecule is Cc1ccc(C)c2[cH-]ccc12.Cc1ccc(C)c2[cH-]ccc12.[Cl-].[Cl-].[Hf+4]. The zero-order valence-corrected chi connectivity index (χ0v) is 20.1. The van der Waals surface area contributed by atoms with Crippen LogP contribution >= 0.6 is 0 Å². The summed E-state index contributed by atoms with van der Waals surface area (Å²) >= 11 is 0. The first-order valence-corrected chi connectivity index (χ1v) is 7.81. The van der Waals surface area contributed by atoms with Gasteiger partial charge in [-0.05, 0) is 13.8 Å². The third-order valence-electron chi connectivity index (χ3n) is 4.50. The molecular formula is C22H22Cl2Hf. The Morgan fingerprint density at radius 1 is 0.520 bits per heavy atom. The molecule has 0 aliphatic heterocycles. The summed E-state index contributed by atoms with van der Waals surface area (Å²) < 4.78 is 0. The average Bonchev–Trinajstić information content (AvgIpc) is 3.17. The number of fused-ring (bicyclic) bond motifs is 2. The Morgan fingerprint density at radius 2 is 0.840 bits per heavy atom. The summed E-state index contributed by atoms with van der Waals surface area (Å²) in [6.45, 7) is 8.62. The standard InChI is InChI=1S/2C11H11.2ClH.Hf/c2*1-8-6-7-9(2)11-5-3-4-10(8)11;;;/h2*3-7H,1-2H3;2*1H;/q2*-1;;;+4/p-2. The van der Waals surface area contributed by atoms with Crippen molar-refractivity contribution in [2.75, 3.05) is 0 Å². The molecule has 0 spiro atoms. The molecule has 25 heavy (non-hydrogen) atoms. The van der Waals surface area contributed by atoms with Gasteiger partial charge in [0.2, 0.25) is 0 Å². The van der Waals surface area contributed by atoms with Gasteiger partial charge in [0.15, 0.2) is 0 Å². The van der Waals surface area contributed by atoms with E-state index in [4.69, 9.17) is 0 Å². The average molecular weight is 536 g/mol. The number of rotatable bonds is 0. The summed E-state index contributed by atoms with van der Waals surface area (Å²) in [7, 11) is 0. The summed E-state index contributed by atoms with van der Waals surface area (Å²) in [6, 6.07) is 21.7. The third kappa shape index (κ3) is 5.06. The monoisotopic (exact) mass is 536 g/mol. The van der Waals surface area contributed by atoms with Crippen molar-refractivity contribution in [2.24, 2.45) is 0 Å². The predicted molar refractivity (Wildman–Crippen MR) is 98.0 cm³/mol. The normalized spacial score (nSPS) is 9.44. The molecule has 0 bridgehead atoms. The first-order valence-electron chi connectivity index (χ1n) is 7.81. The quantitative estimate of drug-likeness (QED) is 0.225. The van der Waals surface area contributed by atoms with Crippen molar-refractivity contribution in [3.05, 3.63) is 82.9 Å². The van der Waals surface area contributed by atoms with Gasteiger partial charge in [-0.3, -0.25) is 0 Å². The molecule has 0 amide bonds. The van der Waals surface area contributed by atoms with Gasteiger partial charge in [0.05, 0.1) is 0 Å². The number of aryl methyl sites for hydroxylation is 4. The summed E-state index contributed by atoms with van der Waals surface area (Å²) in [5, 5.41) is 5.57. The Bertz CT molecular complexity index is 782. The van der Waals surface area contributed by atoms with E-state index in [1.54, 1.807) is 0 Å². The molecule has 0 fully saturated rings. The maximum absolute atomic E-state index is 2.18. The Morgan fingerprint density at radius 3 is 1.16 bits per heavy atom. The van der Waals surface area contributed by atoms with Gasteiger partial charge in [-0.25, -0.2) is 0 Å². The van der Waals surface area contributed by atoms with Crippen LogP contribution in [-0.4, -0.2) is 0 Å². The minimum atomic E-state index is 0. The van der Waals surface area contributed by atoms with Crippen molar-refractivity contribution in [2.45, 2.75) is 27.7 Å². The van der Waals surface area contributed by atoms with Crippen molar-refractivity contribution >= 4 is 21.5 Å². The Labute approximate surface area is 182 Å². The van der Waals surface area contributed by atoms with E-state index in [9.17, 15) is 0 Å². The molecule has 0 aliphatic carbocycles. The van der Waals surface area contributed by atoms with Crippen LogP contribution in [0.4, 0.5) is 0 Å². The van der Waals surface area contributed by atoms with Gasteiger partial charge in [0.1, 0.15) is 0 Å². The first kappa shape index (κ1) is 24.1. The molecule has 0 saturated carbocycles. The summed E-state index contributed by atoms with van der Waals surface area (Å²) in [6.07, 6.45) is 0. The third-order valence-corrected chi connectivity index (χ3v) is 4.50. The van der Waals surface area contributed by atoms with Crippen LogP contribution in [0.1, 0.15) is 22.3 Å². The zero-order chi connectivity index (χ0) is 15.7. The Balaban J connectivity index is 0.000000411. The van der Waals surface area contributed by atoms with Crippen LogP contribution in [0.5, 0.6) is 0 Å². The topological polar surface area (TPSA) is 0 Å². The maximum Gasteiger partial charge on any atom is 4.00 e. The van der Waals surface area contributed by atoms with Crippen molar-refractivity contribution in [3.63, 3.8) is 0 Å². The van der Waals surface area contributed by atoms with E-state index in [0.717, 1.165) is 0 Å². The maximum atomic E-state index is 2.18. The largest absolute Gasteiger partial charge is 4.00 e. The van der Waals surface area contributed by atoms with Gasteiger partial charge >= 0.3 is 25.8 Å². The van der Waals surface area contributed by atoms with E-state index in [1.807, 2.05) is 0 Å². The molecule has 0 atom stereocenters. The molecule has 4 aromatic carbocycles. The van der Waals surface area contributed by atoms with Gasteiger partial charge in [-0.2, -0.15) is 24.3 Å². The van der Waals surface area contributed by atoms with Crippen LogP contribution in [0, 0.1) is 27.7 Å². The second-order valence-electron chi connectivity index (χ2n) is 6.10. The van der Waals surface area contributed by atoms with Crippen LogP contribution in [-0.2, 0) is 25.8 Å². The fourth-order valence-electron chi connectivity index (χ4n) is 3.07. The molecule has 0 N–H and O–H groups in total. The smallest absolute Gasteiger partial charge is 1.00 e. The van der Waals surface area contributed by atoms with Gasteiger partial charge in [-0.15, -0.1) is 56.9 Å². The fourth-order valence-corrected chi connectivity index (χ4v) is 3.07. The first-order chi connectivity index (χ1) is 10.6. The van der Waals surface area contributed by atoms with Crippen molar-refractivity contribution < 1.29 is 50.7 Å². The molecule has 4 rings (SSSR count). The zero-order valence-electron chi connectivity index (χ0n) is 15.0. The van der Waals surface area contributed by atoms with E-state index in [2.05, 4.69) is 88.4 Å². The van der Waals surface area contributed by atoms with Crippen molar-refractivity contribution in [3.8, 4) is 0 Å².